The molecular weight excluding hydrogens is 261 g/mol. The van der Waals surface area contributed by atoms with Crippen molar-refractivity contribution >= 4 is 17.0 Å². The second-order valence-corrected chi connectivity index (χ2v) is 0.214. The summed E-state index contributed by atoms with van der Waals surface area (Å²) in [6.45, 7) is -3.08. The zero-order chi connectivity index (χ0) is 3.58. The molecule has 0 bridgehead atoms. The van der Waals surface area contributed by atoms with Crippen LogP contribution in [0.4, 0.5) is 13.2 Å². The molecule has 0 aromatic carbocycles. The molecule has 0 radical (unpaired) electrons. The Bertz CT molecular complexity index is 15.5. The van der Waals surface area contributed by atoms with Crippen molar-refractivity contribution in [3.63, 3.8) is 0 Å². The van der Waals surface area contributed by atoms with Crippen molar-refractivity contribution in [1.82, 2.24) is 0 Å². The Kier molecular flexibility index (Phi) is 24.8. The zero-order valence-corrected chi connectivity index (χ0v) is 8.50. The van der Waals surface area contributed by atoms with E-state index in [0.717, 1.165) is 0 Å². The Morgan fingerprint density at radius 3 is 1.00 bits per heavy atom. The second kappa shape index (κ2) is 9.50. The summed E-state index contributed by atoms with van der Waals surface area (Å²) < 4.78 is 28.8. The van der Waals surface area contributed by atoms with Crippen LogP contribution < -0.4 is 0 Å². The Labute approximate surface area is 64.0 Å². The van der Waals surface area contributed by atoms with Gasteiger partial charge in [-0.05, 0) is 0 Å². The summed E-state index contributed by atoms with van der Waals surface area (Å²) in [7, 11) is 0. The maximum Gasteiger partial charge on any atom is 0.154 e. The molecule has 6 heavy (non-hydrogen) atoms. The van der Waals surface area contributed by atoms with Gasteiger partial charge in [0.05, 0.1) is 0 Å². The summed E-state index contributed by atoms with van der Waals surface area (Å²) in [6, 6.07) is 0. The molecule has 5 heteroatoms. The third-order valence-electron chi connectivity index (χ3n) is 0. The van der Waals surface area contributed by atoms with Gasteiger partial charge in [-0.15, -0.1) is 17.0 Å². The third kappa shape index (κ3) is 64.2. The van der Waals surface area contributed by atoms with Gasteiger partial charge in [-0.3, -0.25) is 0 Å². The minimum absolute atomic E-state index is 0. The molecule has 0 aliphatic rings. The molecule has 0 spiro atoms. The minimum Gasteiger partial charge on any atom is -0.385 e. The number of hydrogen-bond donors (Lipinski definition) is 0. The molecule has 0 atom stereocenters. The first-order chi connectivity index (χ1) is 1.73. The van der Waals surface area contributed by atoms with Crippen molar-refractivity contribution in [2.24, 2.45) is 0 Å². The Morgan fingerprint density at radius 2 is 1.00 bits per heavy atom. The van der Waals surface area contributed by atoms with Crippen LogP contribution in [-0.2, 0) is 27.3 Å². The van der Waals surface area contributed by atoms with E-state index < -0.39 is 6.68 Å². The van der Waals surface area contributed by atoms with Crippen molar-refractivity contribution in [2.45, 2.75) is 0 Å². The maximum absolute atomic E-state index is 9.58. The van der Waals surface area contributed by atoms with Crippen LogP contribution >= 0.6 is 17.0 Å². The summed E-state index contributed by atoms with van der Waals surface area (Å²) in [5, 5.41) is 0. The second-order valence-electron chi connectivity index (χ2n) is 0.214. The van der Waals surface area contributed by atoms with Crippen molar-refractivity contribution in [2.75, 3.05) is 0 Å². The molecule has 0 heterocycles. The maximum atomic E-state index is 9.58. The van der Waals surface area contributed by atoms with Crippen molar-refractivity contribution < 1.29 is 40.5 Å². The largest absolute Gasteiger partial charge is 0.385 e. The summed E-state index contributed by atoms with van der Waals surface area (Å²) in [5.74, 6) is 0. The molecule has 0 aliphatic heterocycles. The van der Waals surface area contributed by atoms with E-state index in [1.165, 1.54) is 0 Å². The van der Waals surface area contributed by atoms with Crippen LogP contribution in [0.15, 0.2) is 0 Å². The van der Waals surface area contributed by atoms with Gasteiger partial charge in [-0.25, -0.2) is 0 Å². The van der Waals surface area contributed by atoms with E-state index >= 15 is 0 Å². The molecular formula is CHBrCdF3-. The van der Waals surface area contributed by atoms with Crippen LogP contribution in [0.2, 0.25) is 0 Å². The topological polar surface area (TPSA) is 0 Å². The van der Waals surface area contributed by atoms with Gasteiger partial charge in [0.2, 0.25) is 0 Å². The van der Waals surface area contributed by atoms with Gasteiger partial charge >= 0.3 is 0 Å². The Balaban J connectivity index is -0.0000000450. The molecule has 0 aliphatic carbocycles. The van der Waals surface area contributed by atoms with E-state index in [2.05, 4.69) is 0 Å². The van der Waals surface area contributed by atoms with Gasteiger partial charge in [0.1, 0.15) is 0 Å². The molecule has 0 rings (SSSR count). The van der Waals surface area contributed by atoms with Crippen molar-refractivity contribution in [1.29, 1.82) is 0 Å². The molecule has 0 aromatic heterocycles. The summed E-state index contributed by atoms with van der Waals surface area (Å²) in [5.41, 5.74) is 0. The Hall–Kier alpha value is 1.19. The van der Waals surface area contributed by atoms with Crippen LogP contribution in [0.1, 0.15) is 0 Å². The van der Waals surface area contributed by atoms with Gasteiger partial charge in [-0.1, -0.05) is 0 Å². The number of hydrogen-bond acceptors (Lipinski definition) is 0. The summed E-state index contributed by atoms with van der Waals surface area (Å²) in [4.78, 5) is 0. The van der Waals surface area contributed by atoms with Gasteiger partial charge < -0.3 is 13.2 Å². The van der Waals surface area contributed by atoms with Crippen molar-refractivity contribution in [3.05, 3.63) is 6.68 Å². The predicted octanol–water partition coefficient (Wildman–Crippen LogP) is 1.92. The SMILES string of the molecule is Br.F[C-](F)F.[Cd]. The molecule has 0 saturated carbocycles. The molecule has 0 unspecified atom stereocenters. The first-order valence-corrected chi connectivity index (χ1v) is 0.567. The van der Waals surface area contributed by atoms with E-state index in [9.17, 15) is 13.2 Å². The van der Waals surface area contributed by atoms with E-state index in [0.29, 0.717) is 0 Å². The molecule has 0 fully saturated rings. The first-order valence-electron chi connectivity index (χ1n) is 0.567. The van der Waals surface area contributed by atoms with Gasteiger partial charge in [-0.2, -0.15) is 0 Å². The predicted molar refractivity (Wildman–Crippen MR) is 16.9 cm³/mol. The minimum atomic E-state index is -3.08. The summed E-state index contributed by atoms with van der Waals surface area (Å²) >= 11 is 0. The van der Waals surface area contributed by atoms with Gasteiger partial charge in [0, 0.05) is 27.3 Å². The standard InChI is InChI=1S/CF3.BrH.Cd/c2-1(3)4;;/h;1H;/q-1;;. The fraction of sp³-hybridized carbons (Fsp3) is 0. The fourth-order valence-corrected chi connectivity index (χ4v) is 0. The molecule has 0 saturated heterocycles. The van der Waals surface area contributed by atoms with E-state index in [4.69, 9.17) is 0 Å². The fourth-order valence-electron chi connectivity index (χ4n) is 0. The van der Waals surface area contributed by atoms with Crippen LogP contribution in [0.3, 0.4) is 0 Å². The third-order valence-corrected chi connectivity index (χ3v) is 0. The van der Waals surface area contributed by atoms with Gasteiger partial charge in [0.25, 0.3) is 0 Å². The van der Waals surface area contributed by atoms with Crippen LogP contribution in [0, 0.1) is 6.68 Å². The smallest absolute Gasteiger partial charge is 0.154 e. The normalized spacial score (nSPS) is 6.00. The molecule has 0 nitrogen and oxygen atoms in total. The van der Waals surface area contributed by atoms with Crippen molar-refractivity contribution in [3.8, 4) is 0 Å². The number of halogens is 4. The van der Waals surface area contributed by atoms with Crippen LogP contribution in [-0.4, -0.2) is 0 Å². The van der Waals surface area contributed by atoms with E-state index in [1.54, 1.807) is 0 Å². The van der Waals surface area contributed by atoms with Crippen LogP contribution in [0.25, 0.3) is 0 Å². The van der Waals surface area contributed by atoms with E-state index in [1.807, 2.05) is 0 Å². The number of rotatable bonds is 0. The quantitative estimate of drug-likeness (QED) is 0.462. The van der Waals surface area contributed by atoms with E-state index in [-0.39, 0.29) is 44.3 Å². The van der Waals surface area contributed by atoms with Crippen LogP contribution in [0.5, 0.6) is 0 Å². The monoisotopic (exact) mass is 263 g/mol. The average Bonchev–Trinajstić information content (AvgIpc) is 0.811. The van der Waals surface area contributed by atoms with Gasteiger partial charge in [0.15, 0.2) is 6.68 Å². The Morgan fingerprint density at radius 1 is 1.00 bits per heavy atom. The molecule has 0 N–H and O–H groups in total. The molecule has 0 amide bonds. The zero-order valence-electron chi connectivity index (χ0n) is 2.75. The average molecular weight is 262 g/mol. The molecule has 36 valence electrons. The summed E-state index contributed by atoms with van der Waals surface area (Å²) in [6.07, 6.45) is 0. The first kappa shape index (κ1) is 15.7. The molecule has 0 aromatic rings.